The van der Waals surface area contributed by atoms with Crippen LogP contribution in [0.15, 0.2) is 29.6 Å². The molecule has 0 bridgehead atoms. The number of nitrogens with zero attached hydrogens (tertiary/aromatic N) is 1. The number of thiazole rings is 1. The van der Waals surface area contributed by atoms with Gasteiger partial charge in [0.05, 0.1) is 10.7 Å². The Morgan fingerprint density at radius 2 is 2.22 bits per heavy atom. The molecule has 4 nitrogen and oxygen atoms in total. The van der Waals surface area contributed by atoms with Gasteiger partial charge in [-0.15, -0.1) is 11.3 Å². The Balaban J connectivity index is 2.31. The van der Waals surface area contributed by atoms with Crippen molar-refractivity contribution in [2.75, 3.05) is 9.38 Å². The van der Waals surface area contributed by atoms with Crippen LogP contribution in [0.25, 0.3) is 11.3 Å². The van der Waals surface area contributed by atoms with Crippen LogP contribution in [0.2, 0.25) is 0 Å². The zero-order valence-corrected chi connectivity index (χ0v) is 12.8. The zero-order valence-electron chi connectivity index (χ0n) is 9.55. The fraction of sp³-hybridized carbons (Fsp3) is 0.182. The normalized spacial score (nSPS) is 11.4. The zero-order chi connectivity index (χ0) is 13.2. The minimum absolute atomic E-state index is 0.125. The average Bonchev–Trinajstić information content (AvgIpc) is 2.76. The van der Waals surface area contributed by atoms with Gasteiger partial charge in [0.1, 0.15) is 4.66 Å². The van der Waals surface area contributed by atoms with Gasteiger partial charge in [-0.2, -0.15) is 0 Å². The molecule has 0 unspecified atom stereocenters. The third-order valence-corrected chi connectivity index (χ3v) is 5.61. The lowest BCUT2D eigenvalue weighted by molar-refractivity contribution is 0.606. The predicted molar refractivity (Wildman–Crippen MR) is 78.6 cm³/mol. The van der Waals surface area contributed by atoms with Crippen molar-refractivity contribution >= 4 is 43.0 Å². The third-order valence-electron chi connectivity index (χ3n) is 2.19. The molecule has 0 saturated heterocycles. The maximum Gasteiger partial charge on any atom is 0.242 e. The van der Waals surface area contributed by atoms with E-state index in [-0.39, 0.29) is 4.66 Å². The van der Waals surface area contributed by atoms with Crippen LogP contribution >= 0.6 is 27.3 Å². The van der Waals surface area contributed by atoms with E-state index < -0.39 is 10.0 Å². The summed E-state index contributed by atoms with van der Waals surface area (Å²) in [7, 11) is -3.32. The van der Waals surface area contributed by atoms with Crippen LogP contribution in [0, 0.1) is 6.92 Å². The highest BCUT2D eigenvalue weighted by molar-refractivity contribution is 9.10. The number of aryl methyl sites for hydroxylation is 1. The van der Waals surface area contributed by atoms with Gasteiger partial charge in [-0.1, -0.05) is 28.1 Å². The molecule has 0 aliphatic carbocycles. The Bertz CT molecular complexity index is 653. The number of benzene rings is 1. The lowest BCUT2D eigenvalue weighted by Crippen LogP contribution is -2.13. The average molecular weight is 347 g/mol. The van der Waals surface area contributed by atoms with Crippen LogP contribution in [0.1, 0.15) is 5.01 Å². The number of alkyl halides is 1. The number of halogens is 1. The lowest BCUT2D eigenvalue weighted by atomic mass is 10.1. The Labute approximate surface area is 118 Å². The fourth-order valence-corrected chi connectivity index (χ4v) is 2.95. The Morgan fingerprint density at radius 1 is 1.44 bits per heavy atom. The van der Waals surface area contributed by atoms with E-state index in [9.17, 15) is 8.42 Å². The first-order chi connectivity index (χ1) is 8.50. The lowest BCUT2D eigenvalue weighted by Gasteiger charge is -2.06. The quantitative estimate of drug-likeness (QED) is 0.864. The molecule has 2 aromatic rings. The minimum Gasteiger partial charge on any atom is -0.283 e. The molecule has 0 amide bonds. The monoisotopic (exact) mass is 346 g/mol. The number of anilines is 1. The summed E-state index contributed by atoms with van der Waals surface area (Å²) in [5.41, 5.74) is 2.30. The first kappa shape index (κ1) is 13.5. The van der Waals surface area contributed by atoms with Crippen LogP contribution in [0.4, 0.5) is 5.69 Å². The van der Waals surface area contributed by atoms with E-state index in [2.05, 4.69) is 25.6 Å². The van der Waals surface area contributed by atoms with Gasteiger partial charge >= 0.3 is 0 Å². The molecular formula is C11H11BrN2O2S2. The highest BCUT2D eigenvalue weighted by Crippen LogP contribution is 2.24. The van der Waals surface area contributed by atoms with Gasteiger partial charge in [-0.05, 0) is 19.1 Å². The first-order valence-corrected chi connectivity index (χ1v) is 8.74. The maximum absolute atomic E-state index is 11.4. The summed E-state index contributed by atoms with van der Waals surface area (Å²) in [6.07, 6.45) is 0. The van der Waals surface area contributed by atoms with Crippen molar-refractivity contribution < 1.29 is 8.42 Å². The van der Waals surface area contributed by atoms with E-state index in [1.54, 1.807) is 29.5 Å². The van der Waals surface area contributed by atoms with Gasteiger partial charge in [0.25, 0.3) is 0 Å². The largest absolute Gasteiger partial charge is 0.283 e. The number of rotatable bonds is 4. The maximum atomic E-state index is 11.4. The van der Waals surface area contributed by atoms with Crippen molar-refractivity contribution in [3.63, 3.8) is 0 Å². The molecule has 0 radical (unpaired) electrons. The summed E-state index contributed by atoms with van der Waals surface area (Å²) in [5, 5.41) is 2.93. The molecule has 7 heteroatoms. The smallest absolute Gasteiger partial charge is 0.242 e. The third kappa shape index (κ3) is 3.30. The molecule has 2 rings (SSSR count). The molecule has 96 valence electrons. The van der Waals surface area contributed by atoms with E-state index in [4.69, 9.17) is 0 Å². The van der Waals surface area contributed by atoms with Crippen LogP contribution in [0.3, 0.4) is 0 Å². The highest BCUT2D eigenvalue weighted by atomic mass is 79.9. The Kier molecular flexibility index (Phi) is 4.04. The molecule has 1 aromatic carbocycles. The van der Waals surface area contributed by atoms with E-state index >= 15 is 0 Å². The molecule has 0 fully saturated rings. The molecule has 18 heavy (non-hydrogen) atoms. The standard InChI is InChI=1S/C11H11BrN2O2S2/c1-8-13-11(6-17-8)9-3-2-4-10(5-9)14-18(15,16)7-12/h2-6,14H,7H2,1H3. The molecule has 0 atom stereocenters. The van der Waals surface area contributed by atoms with Crippen molar-refractivity contribution in [2.45, 2.75) is 6.92 Å². The molecule has 1 N–H and O–H groups in total. The van der Waals surface area contributed by atoms with Crippen molar-refractivity contribution in [3.8, 4) is 11.3 Å². The number of sulfonamides is 1. The molecule has 1 aromatic heterocycles. The van der Waals surface area contributed by atoms with Crippen LogP contribution in [-0.4, -0.2) is 18.1 Å². The van der Waals surface area contributed by atoms with E-state index in [1.807, 2.05) is 18.4 Å². The number of aromatic nitrogens is 1. The fourth-order valence-electron chi connectivity index (χ4n) is 1.44. The highest BCUT2D eigenvalue weighted by Gasteiger charge is 2.09. The van der Waals surface area contributed by atoms with Crippen LogP contribution in [0.5, 0.6) is 0 Å². The van der Waals surface area contributed by atoms with Gasteiger partial charge in [0.15, 0.2) is 0 Å². The van der Waals surface area contributed by atoms with E-state index in [0.29, 0.717) is 5.69 Å². The van der Waals surface area contributed by atoms with Crippen LogP contribution in [-0.2, 0) is 10.0 Å². The number of hydrogen-bond acceptors (Lipinski definition) is 4. The molecular weight excluding hydrogens is 336 g/mol. The summed E-state index contributed by atoms with van der Waals surface area (Å²) in [4.78, 5) is 4.37. The van der Waals surface area contributed by atoms with Crippen molar-refractivity contribution in [1.29, 1.82) is 0 Å². The number of nitrogens with one attached hydrogen (secondary N) is 1. The Morgan fingerprint density at radius 3 is 2.83 bits per heavy atom. The molecule has 0 saturated carbocycles. The topological polar surface area (TPSA) is 59.1 Å². The van der Waals surface area contributed by atoms with Crippen molar-refractivity contribution in [3.05, 3.63) is 34.7 Å². The second-order valence-electron chi connectivity index (χ2n) is 3.66. The molecule has 1 heterocycles. The summed E-state index contributed by atoms with van der Waals surface area (Å²) in [5.74, 6) is 0. The van der Waals surface area contributed by atoms with Crippen molar-refractivity contribution in [2.24, 2.45) is 0 Å². The predicted octanol–water partition coefficient (Wildman–Crippen LogP) is 3.21. The van der Waals surface area contributed by atoms with Gasteiger partial charge < -0.3 is 0 Å². The minimum atomic E-state index is -3.32. The first-order valence-electron chi connectivity index (χ1n) is 5.09. The van der Waals surface area contributed by atoms with E-state index in [0.717, 1.165) is 16.3 Å². The van der Waals surface area contributed by atoms with Crippen LogP contribution < -0.4 is 4.72 Å². The summed E-state index contributed by atoms with van der Waals surface area (Å²) >= 11 is 4.50. The SMILES string of the molecule is Cc1nc(-c2cccc(NS(=O)(=O)CBr)c2)cs1. The van der Waals surface area contributed by atoms with E-state index in [1.165, 1.54) is 0 Å². The second kappa shape index (κ2) is 5.38. The molecule has 0 spiro atoms. The van der Waals surface area contributed by atoms with Gasteiger partial charge in [-0.25, -0.2) is 13.4 Å². The van der Waals surface area contributed by atoms with Gasteiger partial charge in [0, 0.05) is 16.6 Å². The summed E-state index contributed by atoms with van der Waals surface area (Å²) < 4.78 is 25.3. The number of hydrogen-bond donors (Lipinski definition) is 1. The van der Waals surface area contributed by atoms with Gasteiger partial charge in [-0.3, -0.25) is 4.72 Å². The van der Waals surface area contributed by atoms with Gasteiger partial charge in [0.2, 0.25) is 10.0 Å². The second-order valence-corrected chi connectivity index (χ2v) is 7.75. The molecule has 0 aliphatic rings. The Hall–Kier alpha value is -0.920. The molecule has 0 aliphatic heterocycles. The summed E-state index contributed by atoms with van der Waals surface area (Å²) in [6, 6.07) is 7.19. The summed E-state index contributed by atoms with van der Waals surface area (Å²) in [6.45, 7) is 1.94. The van der Waals surface area contributed by atoms with Crippen molar-refractivity contribution in [1.82, 2.24) is 4.98 Å².